The van der Waals surface area contributed by atoms with Crippen LogP contribution < -0.4 is 10.6 Å². The zero-order chi connectivity index (χ0) is 17.5. The molecule has 136 valence electrons. The third kappa shape index (κ3) is 5.48. The number of aliphatic imine (C=N–C) groups is 1. The first kappa shape index (κ1) is 17.8. The maximum absolute atomic E-state index is 11.7. The number of carbonyl (C=O) groups excluding carboxylic acids is 1. The number of guanidine groups is 1. The Bertz CT molecular complexity index is 583. The summed E-state index contributed by atoms with van der Waals surface area (Å²) >= 11 is 0. The molecule has 2 N–H and O–H groups in total. The molecule has 1 unspecified atom stereocenters. The molecule has 1 aliphatic carbocycles. The van der Waals surface area contributed by atoms with Crippen LogP contribution in [0.5, 0.6) is 0 Å². The molecule has 0 bridgehead atoms. The van der Waals surface area contributed by atoms with Gasteiger partial charge in [0.05, 0.1) is 6.54 Å². The van der Waals surface area contributed by atoms with Gasteiger partial charge in [0, 0.05) is 32.1 Å². The summed E-state index contributed by atoms with van der Waals surface area (Å²) in [5, 5.41) is 6.38. The lowest BCUT2D eigenvalue weighted by atomic mass is 9.99. The van der Waals surface area contributed by atoms with Crippen LogP contribution in [0.2, 0.25) is 0 Å². The molecule has 2 fully saturated rings. The fourth-order valence-electron chi connectivity index (χ4n) is 3.40. The lowest BCUT2D eigenvalue weighted by Crippen LogP contribution is -2.40. The largest absolute Gasteiger partial charge is 0.357 e. The Balaban J connectivity index is 1.46. The minimum Gasteiger partial charge on any atom is -0.357 e. The van der Waals surface area contributed by atoms with Crippen molar-refractivity contribution in [2.24, 2.45) is 16.8 Å². The van der Waals surface area contributed by atoms with Gasteiger partial charge in [-0.2, -0.15) is 0 Å². The average Bonchev–Trinajstić information content (AvgIpc) is 3.38. The zero-order valence-corrected chi connectivity index (χ0v) is 15.2. The number of carbonyl (C=O) groups is 1. The van der Waals surface area contributed by atoms with E-state index in [2.05, 4.69) is 52.8 Å². The highest BCUT2D eigenvalue weighted by molar-refractivity contribution is 5.81. The Hall–Kier alpha value is -2.04. The predicted molar refractivity (Wildman–Crippen MR) is 102 cm³/mol. The van der Waals surface area contributed by atoms with Crippen LogP contribution in [0.3, 0.4) is 0 Å². The summed E-state index contributed by atoms with van der Waals surface area (Å²) in [4.78, 5) is 18.7. The summed E-state index contributed by atoms with van der Waals surface area (Å²) in [7, 11) is 0. The maximum atomic E-state index is 11.7. The van der Waals surface area contributed by atoms with Gasteiger partial charge in [-0.15, -0.1) is 0 Å². The van der Waals surface area contributed by atoms with E-state index in [0.717, 1.165) is 44.9 Å². The smallest absolute Gasteiger partial charge is 0.223 e. The highest BCUT2D eigenvalue weighted by Gasteiger charge is 2.29. The molecule has 1 aromatic rings. The van der Waals surface area contributed by atoms with E-state index in [0.29, 0.717) is 19.0 Å². The Morgan fingerprint density at radius 2 is 2.00 bits per heavy atom. The average molecular weight is 342 g/mol. The topological polar surface area (TPSA) is 56.7 Å². The quantitative estimate of drug-likeness (QED) is 0.453. The van der Waals surface area contributed by atoms with E-state index in [1.165, 1.54) is 12.0 Å². The zero-order valence-electron chi connectivity index (χ0n) is 15.2. The molecule has 25 heavy (non-hydrogen) atoms. The van der Waals surface area contributed by atoms with Gasteiger partial charge in [-0.25, -0.2) is 0 Å². The van der Waals surface area contributed by atoms with Crippen LogP contribution in [0, 0.1) is 11.8 Å². The van der Waals surface area contributed by atoms with Crippen LogP contribution in [0.25, 0.3) is 0 Å². The fraction of sp³-hybridized carbons (Fsp3) is 0.600. The molecule has 1 heterocycles. The first-order chi connectivity index (χ1) is 12.3. The van der Waals surface area contributed by atoms with Crippen LogP contribution in [-0.4, -0.2) is 49.5 Å². The van der Waals surface area contributed by atoms with Gasteiger partial charge in [-0.3, -0.25) is 9.79 Å². The third-order valence-corrected chi connectivity index (χ3v) is 4.91. The molecule has 0 spiro atoms. The Labute approximate surface area is 150 Å². The van der Waals surface area contributed by atoms with Crippen molar-refractivity contribution >= 4 is 11.9 Å². The van der Waals surface area contributed by atoms with Crippen molar-refractivity contribution in [3.8, 4) is 0 Å². The highest BCUT2D eigenvalue weighted by atomic mass is 16.2. The fourth-order valence-corrected chi connectivity index (χ4v) is 3.40. The Kier molecular flexibility index (Phi) is 6.31. The molecule has 1 atom stereocenters. The van der Waals surface area contributed by atoms with E-state index in [-0.39, 0.29) is 11.8 Å². The van der Waals surface area contributed by atoms with Crippen LogP contribution in [-0.2, 0) is 11.2 Å². The summed E-state index contributed by atoms with van der Waals surface area (Å²) in [6.07, 6.45) is 4.44. The molecule has 5 heteroatoms. The summed E-state index contributed by atoms with van der Waals surface area (Å²) in [6, 6.07) is 10.7. The van der Waals surface area contributed by atoms with Crippen molar-refractivity contribution in [2.45, 2.75) is 32.6 Å². The van der Waals surface area contributed by atoms with Crippen molar-refractivity contribution in [2.75, 3.05) is 32.7 Å². The number of hydrogen-bond donors (Lipinski definition) is 2. The first-order valence-electron chi connectivity index (χ1n) is 9.61. The number of nitrogens with zero attached hydrogens (tertiary/aromatic N) is 2. The summed E-state index contributed by atoms with van der Waals surface area (Å²) < 4.78 is 0. The van der Waals surface area contributed by atoms with E-state index in [9.17, 15) is 4.79 Å². The van der Waals surface area contributed by atoms with Crippen LogP contribution in [0.15, 0.2) is 35.3 Å². The lowest BCUT2D eigenvalue weighted by Gasteiger charge is -2.21. The van der Waals surface area contributed by atoms with Crippen molar-refractivity contribution in [3.05, 3.63) is 35.9 Å². The molecule has 0 aromatic heterocycles. The first-order valence-corrected chi connectivity index (χ1v) is 9.61. The van der Waals surface area contributed by atoms with Gasteiger partial charge >= 0.3 is 0 Å². The second-order valence-electron chi connectivity index (χ2n) is 7.09. The van der Waals surface area contributed by atoms with Crippen LogP contribution >= 0.6 is 0 Å². The van der Waals surface area contributed by atoms with Crippen LogP contribution in [0.4, 0.5) is 0 Å². The van der Waals surface area contributed by atoms with E-state index in [1.807, 2.05) is 0 Å². The molecule has 1 aromatic carbocycles. The number of benzene rings is 1. The number of likely N-dealkylation sites (tertiary alicyclic amines) is 1. The van der Waals surface area contributed by atoms with Crippen LogP contribution in [0.1, 0.15) is 31.7 Å². The SMILES string of the molecule is CCNC(=NCCNC(=O)C1CC1)N1CCC(Cc2ccccc2)C1. The molecule has 2 aliphatic rings. The number of nitrogens with one attached hydrogen (secondary N) is 2. The van der Waals surface area contributed by atoms with Gasteiger partial charge < -0.3 is 15.5 Å². The summed E-state index contributed by atoms with van der Waals surface area (Å²) in [6.45, 7) is 6.34. The summed E-state index contributed by atoms with van der Waals surface area (Å²) in [5.74, 6) is 2.14. The minimum atomic E-state index is 0.198. The van der Waals surface area contributed by atoms with Gasteiger partial charge in [0.1, 0.15) is 0 Å². The molecular formula is C20H30N4O. The van der Waals surface area contributed by atoms with E-state index >= 15 is 0 Å². The maximum Gasteiger partial charge on any atom is 0.223 e. The van der Waals surface area contributed by atoms with Gasteiger partial charge in [0.2, 0.25) is 5.91 Å². The van der Waals surface area contributed by atoms with Gasteiger partial charge in [-0.1, -0.05) is 30.3 Å². The van der Waals surface area contributed by atoms with E-state index < -0.39 is 0 Å². The molecular weight excluding hydrogens is 312 g/mol. The lowest BCUT2D eigenvalue weighted by molar-refractivity contribution is -0.122. The third-order valence-electron chi connectivity index (χ3n) is 4.91. The molecule has 1 saturated carbocycles. The van der Waals surface area contributed by atoms with Crippen molar-refractivity contribution in [1.29, 1.82) is 0 Å². The van der Waals surface area contributed by atoms with Crippen molar-refractivity contribution in [3.63, 3.8) is 0 Å². The molecule has 1 amide bonds. The number of hydrogen-bond acceptors (Lipinski definition) is 2. The standard InChI is InChI=1S/C20H30N4O/c1-2-21-20(23-12-11-22-19(25)18-8-9-18)24-13-10-17(15-24)14-16-6-4-3-5-7-16/h3-7,17-18H,2,8-15H2,1H3,(H,21,23)(H,22,25). The van der Waals surface area contributed by atoms with E-state index in [1.54, 1.807) is 0 Å². The predicted octanol–water partition coefficient (Wildman–Crippen LogP) is 2.04. The normalized spacial score (nSPS) is 20.6. The molecule has 0 radical (unpaired) electrons. The number of amides is 1. The van der Waals surface area contributed by atoms with Gasteiger partial charge in [0.25, 0.3) is 0 Å². The molecule has 3 rings (SSSR count). The molecule has 5 nitrogen and oxygen atoms in total. The van der Waals surface area contributed by atoms with Gasteiger partial charge in [0.15, 0.2) is 5.96 Å². The van der Waals surface area contributed by atoms with Gasteiger partial charge in [-0.05, 0) is 44.1 Å². The summed E-state index contributed by atoms with van der Waals surface area (Å²) in [5.41, 5.74) is 1.42. The Morgan fingerprint density at radius 1 is 1.20 bits per heavy atom. The minimum absolute atomic E-state index is 0.198. The van der Waals surface area contributed by atoms with Crippen molar-refractivity contribution < 1.29 is 4.79 Å². The Morgan fingerprint density at radius 3 is 2.72 bits per heavy atom. The number of rotatable bonds is 7. The molecule has 1 saturated heterocycles. The highest BCUT2D eigenvalue weighted by Crippen LogP contribution is 2.28. The monoisotopic (exact) mass is 342 g/mol. The second-order valence-corrected chi connectivity index (χ2v) is 7.09. The van der Waals surface area contributed by atoms with Crippen molar-refractivity contribution in [1.82, 2.24) is 15.5 Å². The second kappa shape index (κ2) is 8.88. The van der Waals surface area contributed by atoms with E-state index in [4.69, 9.17) is 4.99 Å². The molecule has 1 aliphatic heterocycles.